The van der Waals surface area contributed by atoms with E-state index < -0.39 is 0 Å². The second-order valence-electron chi connectivity index (χ2n) is 3.76. The maximum atomic E-state index is 8.76. The molecule has 0 amide bonds. The minimum absolute atomic E-state index is 0.288. The van der Waals surface area contributed by atoms with E-state index in [1.165, 1.54) is 11.3 Å². The fraction of sp³-hybridized carbons (Fsp3) is 0.600. The first-order valence-electron chi connectivity index (χ1n) is 5.08. The maximum absolute atomic E-state index is 8.76. The topological polar surface area (TPSA) is 57.9 Å². The van der Waals surface area contributed by atoms with Crippen LogP contribution in [0.25, 0.3) is 0 Å². The minimum Gasteiger partial charge on any atom is -0.381 e. The zero-order chi connectivity index (χ0) is 11.5. The van der Waals surface area contributed by atoms with Crippen molar-refractivity contribution in [1.29, 1.82) is 5.26 Å². The van der Waals surface area contributed by atoms with Gasteiger partial charge in [-0.05, 0) is 19.3 Å². The Morgan fingerprint density at radius 3 is 3.00 bits per heavy atom. The number of hydrogen-bond donors (Lipinski definition) is 1. The Labute approximate surface area is 103 Å². The number of thiazole rings is 1. The number of nitrogens with one attached hydrogen (secondary N) is 1. The molecule has 4 nitrogen and oxygen atoms in total. The van der Waals surface area contributed by atoms with Crippen LogP contribution in [-0.4, -0.2) is 24.2 Å². The van der Waals surface area contributed by atoms with E-state index in [1.54, 1.807) is 7.11 Å². The average molecular weight is 258 g/mol. The lowest BCUT2D eigenvalue weighted by molar-refractivity contribution is 0.108. The summed E-state index contributed by atoms with van der Waals surface area (Å²) >= 11 is 7.10. The molecule has 1 fully saturated rings. The normalized spacial score (nSPS) is 24.3. The third-order valence-corrected chi connectivity index (χ3v) is 4.01. The van der Waals surface area contributed by atoms with Crippen LogP contribution in [-0.2, 0) is 4.74 Å². The predicted octanol–water partition coefficient (Wildman–Crippen LogP) is 2.65. The number of halogens is 1. The number of nitriles is 1. The van der Waals surface area contributed by atoms with Gasteiger partial charge >= 0.3 is 0 Å². The highest BCUT2D eigenvalue weighted by Crippen LogP contribution is 2.30. The Kier molecular flexibility index (Phi) is 3.64. The molecule has 1 aromatic rings. The van der Waals surface area contributed by atoms with Gasteiger partial charge < -0.3 is 10.1 Å². The Morgan fingerprint density at radius 1 is 1.62 bits per heavy atom. The molecular formula is C10H12ClN3OS. The quantitative estimate of drug-likeness (QED) is 0.904. The number of ether oxygens (including phenoxy) is 1. The van der Waals surface area contributed by atoms with Gasteiger partial charge in [0.15, 0.2) is 10.3 Å². The Morgan fingerprint density at radius 2 is 2.44 bits per heavy atom. The van der Waals surface area contributed by atoms with Crippen molar-refractivity contribution < 1.29 is 4.74 Å². The van der Waals surface area contributed by atoms with Gasteiger partial charge in [0.05, 0.1) is 6.10 Å². The van der Waals surface area contributed by atoms with Gasteiger partial charge in [-0.3, -0.25) is 0 Å². The van der Waals surface area contributed by atoms with Gasteiger partial charge in [0.1, 0.15) is 10.9 Å². The van der Waals surface area contributed by atoms with E-state index in [9.17, 15) is 0 Å². The molecule has 6 heteroatoms. The highest BCUT2D eigenvalue weighted by Gasteiger charge is 2.25. The lowest BCUT2D eigenvalue weighted by atomic mass is 10.2. The van der Waals surface area contributed by atoms with Crippen LogP contribution in [0.3, 0.4) is 0 Å². The average Bonchev–Trinajstić information content (AvgIpc) is 2.85. The second kappa shape index (κ2) is 5.00. The van der Waals surface area contributed by atoms with Crippen molar-refractivity contribution >= 4 is 28.1 Å². The van der Waals surface area contributed by atoms with Crippen molar-refractivity contribution in [1.82, 2.24) is 4.98 Å². The molecule has 2 rings (SSSR count). The first kappa shape index (κ1) is 11.6. The van der Waals surface area contributed by atoms with Gasteiger partial charge in [0.25, 0.3) is 0 Å². The van der Waals surface area contributed by atoms with Crippen LogP contribution in [0, 0.1) is 11.3 Å². The van der Waals surface area contributed by atoms with Crippen LogP contribution < -0.4 is 5.32 Å². The number of aromatic nitrogens is 1. The Balaban J connectivity index is 1.97. The molecule has 0 bridgehead atoms. The minimum atomic E-state index is 0.288. The number of rotatable bonds is 3. The first-order chi connectivity index (χ1) is 7.72. The van der Waals surface area contributed by atoms with Crippen molar-refractivity contribution in [3.8, 4) is 6.07 Å². The molecule has 1 aliphatic carbocycles. The monoisotopic (exact) mass is 257 g/mol. The second-order valence-corrected chi connectivity index (χ2v) is 5.12. The van der Waals surface area contributed by atoms with Crippen LogP contribution in [0.2, 0.25) is 5.15 Å². The van der Waals surface area contributed by atoms with Crippen LogP contribution >= 0.6 is 22.9 Å². The molecule has 0 aliphatic heterocycles. The molecule has 1 saturated carbocycles. The molecule has 0 radical (unpaired) electrons. The lowest BCUT2D eigenvalue weighted by Crippen LogP contribution is -2.16. The summed E-state index contributed by atoms with van der Waals surface area (Å²) in [5.41, 5.74) is 0. The van der Waals surface area contributed by atoms with E-state index in [0.29, 0.717) is 17.0 Å². The van der Waals surface area contributed by atoms with Crippen molar-refractivity contribution in [3.05, 3.63) is 10.0 Å². The summed E-state index contributed by atoms with van der Waals surface area (Å²) in [5.74, 6) is 0. The molecule has 0 aromatic carbocycles. The molecule has 1 heterocycles. The summed E-state index contributed by atoms with van der Waals surface area (Å²) < 4.78 is 5.29. The summed E-state index contributed by atoms with van der Waals surface area (Å²) in [7, 11) is 1.74. The Hall–Kier alpha value is -0.830. The predicted molar refractivity (Wildman–Crippen MR) is 63.9 cm³/mol. The molecule has 1 aliphatic rings. The van der Waals surface area contributed by atoms with E-state index in [1.807, 2.05) is 6.07 Å². The van der Waals surface area contributed by atoms with Gasteiger partial charge in [0.2, 0.25) is 0 Å². The largest absolute Gasteiger partial charge is 0.381 e. The van der Waals surface area contributed by atoms with Crippen molar-refractivity contribution in [2.45, 2.75) is 31.4 Å². The zero-order valence-electron chi connectivity index (χ0n) is 8.86. The number of hydrogen-bond acceptors (Lipinski definition) is 5. The summed E-state index contributed by atoms with van der Waals surface area (Å²) in [5, 5.41) is 13.1. The van der Waals surface area contributed by atoms with E-state index in [4.69, 9.17) is 21.6 Å². The van der Waals surface area contributed by atoms with Crippen LogP contribution in [0.1, 0.15) is 24.1 Å². The molecule has 2 atom stereocenters. The number of anilines is 1. The number of nitrogens with zero attached hydrogens (tertiary/aromatic N) is 2. The SMILES string of the molecule is COC1CCC(Nc2nc(Cl)c(C#N)s2)C1. The smallest absolute Gasteiger partial charge is 0.185 e. The van der Waals surface area contributed by atoms with Gasteiger partial charge in [0, 0.05) is 13.2 Å². The molecule has 1 N–H and O–H groups in total. The number of methoxy groups -OCH3 is 1. The first-order valence-corrected chi connectivity index (χ1v) is 6.28. The van der Waals surface area contributed by atoms with Crippen LogP contribution in [0.15, 0.2) is 0 Å². The lowest BCUT2D eigenvalue weighted by Gasteiger charge is -2.11. The standard InChI is InChI=1S/C10H12ClN3OS/c1-15-7-3-2-6(4-7)13-10-14-9(11)8(5-12)16-10/h6-7H,2-4H2,1H3,(H,13,14). The van der Waals surface area contributed by atoms with Gasteiger partial charge in [-0.1, -0.05) is 22.9 Å². The molecule has 86 valence electrons. The summed E-state index contributed by atoms with van der Waals surface area (Å²) in [6.07, 6.45) is 3.45. The third kappa shape index (κ3) is 2.46. The van der Waals surface area contributed by atoms with E-state index in [2.05, 4.69) is 10.3 Å². The molecule has 1 aromatic heterocycles. The Bertz CT molecular complexity index is 415. The molecular weight excluding hydrogens is 246 g/mol. The summed E-state index contributed by atoms with van der Waals surface area (Å²) in [6.45, 7) is 0. The van der Waals surface area contributed by atoms with E-state index >= 15 is 0 Å². The summed E-state index contributed by atoms with van der Waals surface area (Å²) in [4.78, 5) is 4.57. The molecule has 16 heavy (non-hydrogen) atoms. The van der Waals surface area contributed by atoms with E-state index in [0.717, 1.165) is 24.4 Å². The van der Waals surface area contributed by atoms with Crippen molar-refractivity contribution in [3.63, 3.8) is 0 Å². The maximum Gasteiger partial charge on any atom is 0.185 e. The molecule has 0 spiro atoms. The molecule has 2 unspecified atom stereocenters. The molecule has 0 saturated heterocycles. The van der Waals surface area contributed by atoms with Crippen molar-refractivity contribution in [2.24, 2.45) is 0 Å². The van der Waals surface area contributed by atoms with Gasteiger partial charge in [-0.2, -0.15) is 5.26 Å². The van der Waals surface area contributed by atoms with Crippen molar-refractivity contribution in [2.75, 3.05) is 12.4 Å². The fourth-order valence-electron chi connectivity index (χ4n) is 1.89. The van der Waals surface area contributed by atoms with Gasteiger partial charge in [-0.25, -0.2) is 4.98 Å². The van der Waals surface area contributed by atoms with Crippen LogP contribution in [0.5, 0.6) is 0 Å². The highest BCUT2D eigenvalue weighted by molar-refractivity contribution is 7.16. The summed E-state index contributed by atoms with van der Waals surface area (Å²) in [6, 6.07) is 2.39. The van der Waals surface area contributed by atoms with Crippen LogP contribution in [0.4, 0.5) is 5.13 Å². The highest BCUT2D eigenvalue weighted by atomic mass is 35.5. The fourth-order valence-corrected chi connectivity index (χ4v) is 2.92. The van der Waals surface area contributed by atoms with E-state index in [-0.39, 0.29) is 5.15 Å². The van der Waals surface area contributed by atoms with Gasteiger partial charge in [-0.15, -0.1) is 0 Å². The third-order valence-electron chi connectivity index (χ3n) is 2.73. The zero-order valence-corrected chi connectivity index (χ0v) is 10.4.